The zero-order valence-corrected chi connectivity index (χ0v) is 10.7. The first-order valence-corrected chi connectivity index (χ1v) is 7.28. The minimum atomic E-state index is -3.92. The van der Waals surface area contributed by atoms with Crippen LogP contribution in [0.25, 0.3) is 0 Å². The highest BCUT2D eigenvalue weighted by atomic mass is 32.2. The molecule has 0 spiro atoms. The van der Waals surface area contributed by atoms with E-state index in [0.717, 1.165) is 11.3 Å². The number of para-hydroxylation sites is 1. The summed E-state index contributed by atoms with van der Waals surface area (Å²) in [6.45, 7) is 0. The van der Waals surface area contributed by atoms with Crippen molar-refractivity contribution in [3.63, 3.8) is 0 Å². The van der Waals surface area contributed by atoms with Crippen molar-refractivity contribution in [2.75, 3.05) is 0 Å². The summed E-state index contributed by atoms with van der Waals surface area (Å²) >= 11 is 0.970. The van der Waals surface area contributed by atoms with Crippen molar-refractivity contribution in [1.82, 2.24) is 0 Å². The molecule has 1 aromatic heterocycles. The minimum absolute atomic E-state index is 0.0265. The lowest BCUT2D eigenvalue weighted by molar-refractivity contribution is 0.0736. The number of carbonyl (C=O) groups is 1. The van der Waals surface area contributed by atoms with Crippen LogP contribution in [0.15, 0.2) is 46.7 Å². The summed E-state index contributed by atoms with van der Waals surface area (Å²) in [6, 6.07) is 9.67. The molecule has 2 rings (SSSR count). The van der Waals surface area contributed by atoms with E-state index < -0.39 is 16.0 Å². The summed E-state index contributed by atoms with van der Waals surface area (Å²) in [4.78, 5) is 11.6. The lowest BCUT2D eigenvalue weighted by Crippen LogP contribution is -2.17. The average Bonchev–Trinajstić information content (AvgIpc) is 2.79. The van der Waals surface area contributed by atoms with Gasteiger partial charge in [-0.25, -0.2) is 18.4 Å². The predicted octanol–water partition coefficient (Wildman–Crippen LogP) is 1.61. The van der Waals surface area contributed by atoms with Gasteiger partial charge in [-0.2, -0.15) is 0 Å². The van der Waals surface area contributed by atoms with Gasteiger partial charge in [0.25, 0.3) is 0 Å². The highest BCUT2D eigenvalue weighted by Gasteiger charge is 2.22. The zero-order chi connectivity index (χ0) is 13.2. The number of nitrogens with two attached hydrogens (primary N) is 1. The molecular formula is C11H9NO4S2. The van der Waals surface area contributed by atoms with Gasteiger partial charge in [-0.15, -0.1) is 11.3 Å². The molecule has 94 valence electrons. The molecule has 0 bridgehead atoms. The van der Waals surface area contributed by atoms with Crippen LogP contribution in [-0.2, 0) is 10.0 Å². The molecule has 0 aliphatic rings. The SMILES string of the molecule is NS(=O)(=O)c1ccsc1C(=O)Oc1ccccc1. The van der Waals surface area contributed by atoms with Crippen LogP contribution in [0.2, 0.25) is 0 Å². The second kappa shape index (κ2) is 4.89. The molecule has 1 heterocycles. The average molecular weight is 283 g/mol. The molecule has 7 heteroatoms. The molecule has 2 aromatic rings. The maximum absolute atomic E-state index is 11.8. The number of hydrogen-bond donors (Lipinski definition) is 1. The van der Waals surface area contributed by atoms with E-state index in [1.807, 2.05) is 0 Å². The second-order valence-corrected chi connectivity index (χ2v) is 5.81. The Kier molecular flexibility index (Phi) is 3.46. The van der Waals surface area contributed by atoms with Crippen molar-refractivity contribution in [3.05, 3.63) is 46.7 Å². The number of ether oxygens (including phenoxy) is 1. The molecule has 0 aliphatic carbocycles. The van der Waals surface area contributed by atoms with Crippen molar-refractivity contribution in [1.29, 1.82) is 0 Å². The molecule has 0 aliphatic heterocycles. The highest BCUT2D eigenvalue weighted by Crippen LogP contribution is 2.22. The molecule has 5 nitrogen and oxygen atoms in total. The number of sulfonamides is 1. The van der Waals surface area contributed by atoms with Crippen LogP contribution in [0.4, 0.5) is 0 Å². The highest BCUT2D eigenvalue weighted by molar-refractivity contribution is 7.89. The van der Waals surface area contributed by atoms with Gasteiger partial charge in [0.2, 0.25) is 10.0 Å². The number of rotatable bonds is 3. The van der Waals surface area contributed by atoms with Gasteiger partial charge in [0.05, 0.1) is 0 Å². The zero-order valence-electron chi connectivity index (χ0n) is 9.07. The molecule has 0 atom stereocenters. The van der Waals surface area contributed by atoms with Gasteiger partial charge in [0.15, 0.2) is 0 Å². The van der Waals surface area contributed by atoms with E-state index >= 15 is 0 Å². The Morgan fingerprint density at radius 2 is 1.83 bits per heavy atom. The van der Waals surface area contributed by atoms with Crippen molar-refractivity contribution in [2.24, 2.45) is 5.14 Å². The summed E-state index contributed by atoms with van der Waals surface area (Å²) in [6.07, 6.45) is 0. The maximum Gasteiger partial charge on any atom is 0.355 e. The van der Waals surface area contributed by atoms with Gasteiger partial charge in [-0.05, 0) is 23.6 Å². The largest absolute Gasteiger partial charge is 0.422 e. The topological polar surface area (TPSA) is 86.5 Å². The van der Waals surface area contributed by atoms with E-state index in [-0.39, 0.29) is 9.77 Å². The van der Waals surface area contributed by atoms with Crippen LogP contribution in [0, 0.1) is 0 Å². The monoisotopic (exact) mass is 283 g/mol. The van der Waals surface area contributed by atoms with E-state index in [2.05, 4.69) is 0 Å². The molecule has 0 radical (unpaired) electrons. The quantitative estimate of drug-likeness (QED) is 0.685. The van der Waals surface area contributed by atoms with Crippen LogP contribution in [0.5, 0.6) is 5.75 Å². The van der Waals surface area contributed by atoms with Gasteiger partial charge in [-0.1, -0.05) is 18.2 Å². The molecular weight excluding hydrogens is 274 g/mol. The lowest BCUT2D eigenvalue weighted by Gasteiger charge is -2.03. The maximum atomic E-state index is 11.8. The van der Waals surface area contributed by atoms with Crippen molar-refractivity contribution in [2.45, 2.75) is 4.90 Å². The number of esters is 1. The molecule has 0 fully saturated rings. The minimum Gasteiger partial charge on any atom is -0.422 e. The Morgan fingerprint density at radius 3 is 2.44 bits per heavy atom. The first-order chi connectivity index (χ1) is 8.48. The van der Waals surface area contributed by atoms with Crippen LogP contribution in [0.1, 0.15) is 9.67 Å². The van der Waals surface area contributed by atoms with Crippen LogP contribution < -0.4 is 9.88 Å². The first-order valence-electron chi connectivity index (χ1n) is 4.86. The van der Waals surface area contributed by atoms with Crippen LogP contribution in [-0.4, -0.2) is 14.4 Å². The Hall–Kier alpha value is -1.70. The Bertz CT molecular complexity index is 661. The lowest BCUT2D eigenvalue weighted by atomic mass is 10.3. The van der Waals surface area contributed by atoms with E-state index in [0.29, 0.717) is 5.75 Å². The Labute approximate surface area is 108 Å². The normalized spacial score (nSPS) is 11.2. The summed E-state index contributed by atoms with van der Waals surface area (Å²) < 4.78 is 27.5. The molecule has 0 saturated heterocycles. The Morgan fingerprint density at radius 1 is 1.17 bits per heavy atom. The molecule has 18 heavy (non-hydrogen) atoms. The van der Waals surface area contributed by atoms with Gasteiger partial charge < -0.3 is 4.74 Å². The van der Waals surface area contributed by atoms with Gasteiger partial charge in [0.1, 0.15) is 15.5 Å². The Balaban J connectivity index is 2.28. The van der Waals surface area contributed by atoms with Crippen molar-refractivity contribution >= 4 is 27.3 Å². The third-order valence-electron chi connectivity index (χ3n) is 2.07. The van der Waals surface area contributed by atoms with E-state index in [1.54, 1.807) is 30.3 Å². The summed E-state index contributed by atoms with van der Waals surface area (Å²) in [5.41, 5.74) is 0. The van der Waals surface area contributed by atoms with Crippen LogP contribution >= 0.6 is 11.3 Å². The number of hydrogen-bond acceptors (Lipinski definition) is 5. The van der Waals surface area contributed by atoms with E-state index in [1.165, 1.54) is 11.4 Å². The second-order valence-electron chi connectivity index (χ2n) is 3.36. The number of thiophene rings is 1. The third-order valence-corrected chi connectivity index (χ3v) is 4.05. The number of carbonyl (C=O) groups excluding carboxylic acids is 1. The van der Waals surface area contributed by atoms with E-state index in [4.69, 9.17) is 9.88 Å². The number of primary sulfonamides is 1. The van der Waals surface area contributed by atoms with Gasteiger partial charge in [0, 0.05) is 0 Å². The predicted molar refractivity (Wildman–Crippen MR) is 67.1 cm³/mol. The fourth-order valence-corrected chi connectivity index (χ4v) is 3.15. The summed E-state index contributed by atoms with van der Waals surface area (Å²) in [7, 11) is -3.92. The van der Waals surface area contributed by atoms with E-state index in [9.17, 15) is 13.2 Å². The summed E-state index contributed by atoms with van der Waals surface area (Å²) in [5.74, 6) is -0.392. The first kappa shape index (κ1) is 12.7. The molecule has 2 N–H and O–H groups in total. The van der Waals surface area contributed by atoms with Gasteiger partial charge >= 0.3 is 5.97 Å². The molecule has 0 saturated carbocycles. The van der Waals surface area contributed by atoms with Crippen LogP contribution in [0.3, 0.4) is 0 Å². The van der Waals surface area contributed by atoms with Crippen molar-refractivity contribution < 1.29 is 17.9 Å². The standard InChI is InChI=1S/C11H9NO4S2/c12-18(14,15)9-6-7-17-10(9)11(13)16-8-4-2-1-3-5-8/h1-7H,(H2,12,14,15). The molecule has 1 aromatic carbocycles. The van der Waals surface area contributed by atoms with Crippen molar-refractivity contribution in [3.8, 4) is 5.75 Å². The fourth-order valence-electron chi connectivity index (χ4n) is 1.31. The molecule has 0 amide bonds. The third kappa shape index (κ3) is 2.76. The molecule has 0 unspecified atom stereocenters. The smallest absolute Gasteiger partial charge is 0.355 e. The fraction of sp³-hybridized carbons (Fsp3) is 0. The van der Waals surface area contributed by atoms with Gasteiger partial charge in [-0.3, -0.25) is 0 Å². The number of benzene rings is 1. The summed E-state index contributed by atoms with van der Waals surface area (Å²) in [5, 5.41) is 6.48.